The fourth-order valence-electron chi connectivity index (χ4n) is 4.94. The minimum Gasteiger partial charge on any atom is -0.497 e. The van der Waals surface area contributed by atoms with E-state index in [1.54, 1.807) is 12.0 Å². The molecule has 0 aliphatic carbocycles. The quantitative estimate of drug-likeness (QED) is 0.742. The van der Waals surface area contributed by atoms with Crippen molar-refractivity contribution in [3.63, 3.8) is 0 Å². The van der Waals surface area contributed by atoms with Crippen molar-refractivity contribution in [2.75, 3.05) is 52.9 Å². The maximum absolute atomic E-state index is 12.9. The number of carbonyl (C=O) groups excluding carboxylic acids is 3. The number of amides is 4. The molecular formula is C23H32N4O4. The third kappa shape index (κ3) is 5.11. The summed E-state index contributed by atoms with van der Waals surface area (Å²) in [7, 11) is 1.63. The van der Waals surface area contributed by atoms with E-state index in [0.29, 0.717) is 57.4 Å². The number of piperidine rings is 1. The van der Waals surface area contributed by atoms with E-state index in [-0.39, 0.29) is 17.8 Å². The van der Waals surface area contributed by atoms with Gasteiger partial charge in [0, 0.05) is 52.2 Å². The molecule has 3 aliphatic heterocycles. The van der Waals surface area contributed by atoms with Gasteiger partial charge in [0.15, 0.2) is 0 Å². The van der Waals surface area contributed by atoms with Gasteiger partial charge in [0.1, 0.15) is 5.75 Å². The second kappa shape index (κ2) is 9.58. The number of nitrogens with one attached hydrogen (secondary N) is 1. The van der Waals surface area contributed by atoms with Crippen LogP contribution in [-0.4, -0.2) is 85.5 Å². The van der Waals surface area contributed by atoms with Crippen LogP contribution in [0.15, 0.2) is 24.3 Å². The van der Waals surface area contributed by atoms with Crippen LogP contribution in [0.25, 0.3) is 0 Å². The van der Waals surface area contributed by atoms with Gasteiger partial charge in [-0.2, -0.15) is 0 Å². The summed E-state index contributed by atoms with van der Waals surface area (Å²) in [4.78, 5) is 43.0. The molecule has 4 rings (SSSR count). The lowest BCUT2D eigenvalue weighted by Crippen LogP contribution is -2.44. The summed E-state index contributed by atoms with van der Waals surface area (Å²) in [6.07, 6.45) is 2.74. The molecule has 3 heterocycles. The maximum atomic E-state index is 12.9. The highest BCUT2D eigenvalue weighted by atomic mass is 16.5. The van der Waals surface area contributed by atoms with Gasteiger partial charge in [0.05, 0.1) is 13.5 Å². The number of urea groups is 1. The van der Waals surface area contributed by atoms with Crippen LogP contribution in [0, 0.1) is 11.8 Å². The Morgan fingerprint density at radius 1 is 1.03 bits per heavy atom. The average Bonchev–Trinajstić information content (AvgIpc) is 3.12. The van der Waals surface area contributed by atoms with Gasteiger partial charge >= 0.3 is 6.03 Å². The molecule has 4 amide bonds. The van der Waals surface area contributed by atoms with Crippen LogP contribution in [0.2, 0.25) is 0 Å². The van der Waals surface area contributed by atoms with Crippen molar-refractivity contribution < 1.29 is 19.1 Å². The molecule has 0 spiro atoms. The smallest absolute Gasteiger partial charge is 0.317 e. The van der Waals surface area contributed by atoms with Crippen molar-refractivity contribution in [3.05, 3.63) is 29.8 Å². The van der Waals surface area contributed by atoms with Crippen molar-refractivity contribution in [3.8, 4) is 5.75 Å². The maximum Gasteiger partial charge on any atom is 0.317 e. The molecule has 3 saturated heterocycles. The van der Waals surface area contributed by atoms with Crippen LogP contribution in [0.5, 0.6) is 5.75 Å². The lowest BCUT2D eigenvalue weighted by atomic mass is 9.82. The molecule has 8 nitrogen and oxygen atoms in total. The second-order valence-corrected chi connectivity index (χ2v) is 8.77. The molecule has 0 radical (unpaired) electrons. The Balaban J connectivity index is 1.29. The van der Waals surface area contributed by atoms with Crippen LogP contribution in [0.1, 0.15) is 24.8 Å². The summed E-state index contributed by atoms with van der Waals surface area (Å²) in [5.74, 6) is 1.83. The number of hydrogen-bond donors (Lipinski definition) is 1. The normalized spacial score (nSPS) is 24.0. The van der Waals surface area contributed by atoms with Crippen molar-refractivity contribution in [2.24, 2.45) is 11.8 Å². The molecule has 1 N–H and O–H groups in total. The first-order chi connectivity index (χ1) is 15.0. The molecule has 0 bridgehead atoms. The molecule has 2 atom stereocenters. The molecular weight excluding hydrogens is 396 g/mol. The summed E-state index contributed by atoms with van der Waals surface area (Å²) in [6.45, 7) is 4.71. The van der Waals surface area contributed by atoms with Gasteiger partial charge in [0.25, 0.3) is 0 Å². The third-order valence-corrected chi connectivity index (χ3v) is 6.90. The Kier molecular flexibility index (Phi) is 6.63. The predicted molar refractivity (Wildman–Crippen MR) is 116 cm³/mol. The van der Waals surface area contributed by atoms with E-state index in [1.807, 2.05) is 34.1 Å². The summed E-state index contributed by atoms with van der Waals surface area (Å²) in [5, 5.41) is 2.80. The zero-order chi connectivity index (χ0) is 21.8. The van der Waals surface area contributed by atoms with Crippen LogP contribution < -0.4 is 10.1 Å². The largest absolute Gasteiger partial charge is 0.497 e. The fourth-order valence-corrected chi connectivity index (χ4v) is 4.94. The Bertz CT molecular complexity index is 812. The molecule has 1 aromatic carbocycles. The number of methoxy groups -OCH3 is 1. The third-order valence-electron chi connectivity index (χ3n) is 6.90. The minimum absolute atomic E-state index is 0.0399. The number of ether oxygens (including phenoxy) is 1. The van der Waals surface area contributed by atoms with Crippen LogP contribution >= 0.6 is 0 Å². The van der Waals surface area contributed by atoms with Gasteiger partial charge in [-0.1, -0.05) is 12.1 Å². The Labute approximate surface area is 183 Å². The number of nitrogens with zero attached hydrogens (tertiary/aromatic N) is 3. The fraction of sp³-hybridized carbons (Fsp3) is 0.609. The molecule has 2 unspecified atom stereocenters. The number of fused-ring (bicyclic) bond motifs is 1. The highest BCUT2D eigenvalue weighted by Crippen LogP contribution is 2.32. The van der Waals surface area contributed by atoms with Gasteiger partial charge in [-0.05, 0) is 42.4 Å². The predicted octanol–water partition coefficient (Wildman–Crippen LogP) is 1.35. The van der Waals surface area contributed by atoms with Crippen molar-refractivity contribution in [1.82, 2.24) is 20.0 Å². The first kappa shape index (κ1) is 21.5. The average molecular weight is 429 g/mol. The SMILES string of the molecule is COc1ccc(CC(=O)N2CCC3CC(=O)N(CCN4CCNC4=O)CCC3C2)cc1. The molecule has 0 aromatic heterocycles. The summed E-state index contributed by atoms with van der Waals surface area (Å²) in [6, 6.07) is 7.60. The molecule has 1 aromatic rings. The van der Waals surface area contributed by atoms with Gasteiger partial charge in [-0.15, -0.1) is 0 Å². The van der Waals surface area contributed by atoms with Crippen LogP contribution in [-0.2, 0) is 16.0 Å². The lowest BCUT2D eigenvalue weighted by Gasteiger charge is -2.37. The molecule has 168 valence electrons. The van der Waals surface area contributed by atoms with Crippen LogP contribution in [0.4, 0.5) is 4.79 Å². The summed E-state index contributed by atoms with van der Waals surface area (Å²) in [5.41, 5.74) is 0.987. The van der Waals surface area contributed by atoms with Crippen molar-refractivity contribution in [1.29, 1.82) is 0 Å². The zero-order valence-electron chi connectivity index (χ0n) is 18.2. The van der Waals surface area contributed by atoms with E-state index in [2.05, 4.69) is 5.32 Å². The van der Waals surface area contributed by atoms with Gasteiger partial charge in [-0.3, -0.25) is 9.59 Å². The van der Waals surface area contributed by atoms with E-state index in [0.717, 1.165) is 37.2 Å². The Morgan fingerprint density at radius 2 is 1.77 bits per heavy atom. The zero-order valence-corrected chi connectivity index (χ0v) is 18.2. The van der Waals surface area contributed by atoms with Crippen molar-refractivity contribution >= 4 is 17.8 Å². The first-order valence-corrected chi connectivity index (χ1v) is 11.2. The van der Waals surface area contributed by atoms with E-state index < -0.39 is 0 Å². The number of rotatable bonds is 6. The second-order valence-electron chi connectivity index (χ2n) is 8.77. The van der Waals surface area contributed by atoms with E-state index in [1.165, 1.54) is 0 Å². The number of hydrogen-bond acceptors (Lipinski definition) is 4. The molecule has 8 heteroatoms. The van der Waals surface area contributed by atoms with E-state index in [9.17, 15) is 14.4 Å². The summed E-state index contributed by atoms with van der Waals surface area (Å²) < 4.78 is 5.18. The van der Waals surface area contributed by atoms with E-state index in [4.69, 9.17) is 4.74 Å². The van der Waals surface area contributed by atoms with Gasteiger partial charge < -0.3 is 24.8 Å². The van der Waals surface area contributed by atoms with Crippen molar-refractivity contribution in [2.45, 2.75) is 25.7 Å². The highest BCUT2D eigenvalue weighted by molar-refractivity contribution is 5.79. The summed E-state index contributed by atoms with van der Waals surface area (Å²) >= 11 is 0. The van der Waals surface area contributed by atoms with E-state index >= 15 is 0 Å². The first-order valence-electron chi connectivity index (χ1n) is 11.2. The Morgan fingerprint density at radius 3 is 2.48 bits per heavy atom. The molecule has 3 aliphatic rings. The monoisotopic (exact) mass is 428 g/mol. The number of benzene rings is 1. The topological polar surface area (TPSA) is 82.2 Å². The molecule has 0 saturated carbocycles. The minimum atomic E-state index is -0.0399. The standard InChI is InChI=1S/C23H32N4O4/c1-31-20-4-2-17(3-5-20)14-21(28)27-10-6-18-15-22(29)25(9-7-19(18)16-27)12-13-26-11-8-24-23(26)30/h2-5,18-19H,6-16H2,1H3,(H,24,30). The van der Waals surface area contributed by atoms with Gasteiger partial charge in [-0.25, -0.2) is 4.79 Å². The molecule has 3 fully saturated rings. The lowest BCUT2D eigenvalue weighted by molar-refractivity contribution is -0.133. The molecule has 31 heavy (non-hydrogen) atoms. The highest BCUT2D eigenvalue weighted by Gasteiger charge is 2.36. The number of carbonyl (C=O) groups is 3. The number of likely N-dealkylation sites (tertiary alicyclic amines) is 2. The van der Waals surface area contributed by atoms with Crippen LogP contribution in [0.3, 0.4) is 0 Å². The van der Waals surface area contributed by atoms with Gasteiger partial charge in [0.2, 0.25) is 11.8 Å². The Hall–Kier alpha value is -2.77.